The normalized spacial score (nSPS) is 14.7. The molecule has 0 saturated carbocycles. The number of unbranched alkanes of at least 4 members (excludes halogenated alkanes) is 29. The highest BCUT2D eigenvalue weighted by molar-refractivity contribution is 7.47. The first kappa shape index (κ1) is 80.2. The van der Waals surface area contributed by atoms with E-state index in [0.717, 1.165) is 122 Å². The van der Waals surface area contributed by atoms with Crippen LogP contribution in [-0.4, -0.2) is 95.9 Å². The second-order valence-corrected chi connectivity index (χ2v) is 24.8. The molecule has 0 radical (unpaired) electrons. The zero-order valence-electron chi connectivity index (χ0n) is 52.1. The van der Waals surface area contributed by atoms with Gasteiger partial charge >= 0.3 is 33.6 Å². The van der Waals surface area contributed by atoms with Crippen LogP contribution in [0, 0.1) is 0 Å². The van der Waals surface area contributed by atoms with E-state index in [1.54, 1.807) is 0 Å². The summed E-state index contributed by atoms with van der Waals surface area (Å²) < 4.78 is 60.7. The molecule has 0 amide bonds. The van der Waals surface area contributed by atoms with Crippen molar-refractivity contribution in [3.8, 4) is 0 Å². The molecule has 0 bridgehead atoms. The maximum absolute atomic E-state index is 12.8. The molecule has 0 rings (SSSR count). The van der Waals surface area contributed by atoms with Crippen LogP contribution in [0.4, 0.5) is 0 Å². The Kier molecular flexibility index (Phi) is 57.6. The lowest BCUT2D eigenvalue weighted by molar-refractivity contribution is -0.161. The number of rotatable bonds is 62. The lowest BCUT2D eigenvalue weighted by atomic mass is 10.0. The van der Waals surface area contributed by atoms with Crippen molar-refractivity contribution in [2.75, 3.05) is 39.6 Å². The predicted molar refractivity (Wildman–Crippen MR) is 335 cm³/mol. The first-order valence-corrected chi connectivity index (χ1v) is 35.6. The highest BCUT2D eigenvalue weighted by Crippen LogP contribution is 2.45. The van der Waals surface area contributed by atoms with E-state index < -0.39 is 91.5 Å². The molecule has 0 fully saturated rings. The van der Waals surface area contributed by atoms with Crippen LogP contribution in [0.2, 0.25) is 0 Å². The maximum Gasteiger partial charge on any atom is 0.472 e. The molecule has 0 heterocycles. The number of esters is 3. The van der Waals surface area contributed by atoms with Crippen LogP contribution in [-0.2, 0) is 55.8 Å². The number of phosphoric ester groups is 2. The lowest BCUT2D eigenvalue weighted by Crippen LogP contribution is -2.30. The summed E-state index contributed by atoms with van der Waals surface area (Å²) in [6.07, 6.45) is 58.6. The van der Waals surface area contributed by atoms with E-state index >= 15 is 0 Å². The van der Waals surface area contributed by atoms with Gasteiger partial charge < -0.3 is 34.2 Å². The van der Waals surface area contributed by atoms with Crippen molar-refractivity contribution in [2.24, 2.45) is 0 Å². The molecule has 0 aliphatic carbocycles. The van der Waals surface area contributed by atoms with Gasteiger partial charge in [0.2, 0.25) is 0 Å². The van der Waals surface area contributed by atoms with Crippen LogP contribution in [0.1, 0.15) is 278 Å². The molecule has 0 aromatic rings. The molecular weight excluding hydrogens is 1100 g/mol. The molecule has 16 nitrogen and oxygen atoms in total. The Morgan fingerprint density at radius 2 is 0.614 bits per heavy atom. The fourth-order valence-electron chi connectivity index (χ4n) is 8.65. The van der Waals surface area contributed by atoms with Crippen LogP contribution in [0.15, 0.2) is 60.8 Å². The van der Waals surface area contributed by atoms with Crippen LogP contribution < -0.4 is 0 Å². The van der Waals surface area contributed by atoms with Crippen molar-refractivity contribution in [1.82, 2.24) is 0 Å². The Labute approximate surface area is 503 Å². The maximum atomic E-state index is 12.8. The van der Waals surface area contributed by atoms with Gasteiger partial charge in [-0.15, -0.1) is 0 Å². The number of aliphatic hydroxyl groups excluding tert-OH is 2. The number of carbonyl (C=O) groups is 3. The van der Waals surface area contributed by atoms with Crippen LogP contribution >= 0.6 is 15.6 Å². The van der Waals surface area contributed by atoms with Crippen molar-refractivity contribution in [1.29, 1.82) is 0 Å². The molecule has 0 aliphatic rings. The monoisotopic (exact) mass is 1220 g/mol. The molecule has 0 spiro atoms. The van der Waals surface area contributed by atoms with E-state index in [4.69, 9.17) is 32.3 Å². The summed E-state index contributed by atoms with van der Waals surface area (Å²) in [6.45, 7) is 2.58. The molecule has 0 aliphatic heterocycles. The Balaban J connectivity index is 4.51. The summed E-state index contributed by atoms with van der Waals surface area (Å²) >= 11 is 0. The van der Waals surface area contributed by atoms with Gasteiger partial charge in [0, 0.05) is 19.3 Å². The first-order chi connectivity index (χ1) is 40.2. The van der Waals surface area contributed by atoms with Crippen LogP contribution in [0.5, 0.6) is 0 Å². The van der Waals surface area contributed by atoms with Crippen molar-refractivity contribution in [3.05, 3.63) is 60.8 Å². The first-order valence-electron chi connectivity index (χ1n) is 32.6. The summed E-state index contributed by atoms with van der Waals surface area (Å²) in [5.41, 5.74) is 0. The van der Waals surface area contributed by atoms with Gasteiger partial charge in [-0.3, -0.25) is 32.5 Å². The minimum absolute atomic E-state index is 0.0980. The topological polar surface area (TPSA) is 231 Å². The third-order valence-electron chi connectivity index (χ3n) is 13.7. The molecule has 18 heteroatoms. The number of hydrogen-bond acceptors (Lipinski definition) is 14. The average molecular weight is 1220 g/mol. The number of phosphoric acid groups is 2. The van der Waals surface area contributed by atoms with Crippen molar-refractivity contribution in [2.45, 2.75) is 296 Å². The molecule has 83 heavy (non-hydrogen) atoms. The van der Waals surface area contributed by atoms with Crippen LogP contribution in [0.3, 0.4) is 0 Å². The molecular formula is C65H118O16P2. The van der Waals surface area contributed by atoms with Gasteiger partial charge in [-0.2, -0.15) is 0 Å². The smallest absolute Gasteiger partial charge is 0.463 e. The quantitative estimate of drug-likeness (QED) is 0.0146. The SMILES string of the molecule is CCCC/C=C\CCCCCCCC(=O)OC(COC(=O)CCCCCCCCCCCCCCC)COP(=O)(O)OCC(O)COP(=O)(O)OCC(O)COC(=O)CCCCCCCCC/C=C\C/C=C\C/C=C\C/C=C\CCCCC. The molecule has 0 aromatic carbocycles. The van der Waals surface area contributed by atoms with E-state index in [9.17, 15) is 43.5 Å². The minimum Gasteiger partial charge on any atom is -0.463 e. The third-order valence-corrected chi connectivity index (χ3v) is 15.6. The zero-order valence-corrected chi connectivity index (χ0v) is 53.9. The van der Waals surface area contributed by atoms with Gasteiger partial charge in [-0.1, -0.05) is 236 Å². The highest BCUT2D eigenvalue weighted by atomic mass is 31.2. The number of ether oxygens (including phenoxy) is 3. The van der Waals surface area contributed by atoms with Crippen molar-refractivity contribution >= 4 is 33.6 Å². The van der Waals surface area contributed by atoms with E-state index in [-0.39, 0.29) is 19.3 Å². The highest BCUT2D eigenvalue weighted by Gasteiger charge is 2.29. The van der Waals surface area contributed by atoms with E-state index in [1.165, 1.54) is 96.3 Å². The molecule has 5 atom stereocenters. The predicted octanol–water partition coefficient (Wildman–Crippen LogP) is 17.4. The molecule has 0 aromatic heterocycles. The standard InChI is InChI=1S/C65H118O16P2/c1-4-7-10-13-16-19-22-24-25-26-27-28-29-30-31-32-33-35-38-39-42-45-48-51-63(68)75-54-60(66)55-77-82(71,72)78-56-61(67)57-79-83(73,74)80-59-62(81-65(70)53-50-47-44-41-36-21-18-15-12-9-6-3)58-76-64(69)52-49-46-43-40-37-34-23-20-17-14-11-8-5-2/h15-16,18-19,24-25,27-28,30-31,60-62,66-67H,4-14,17,20-23,26,29,32-59H2,1-3H3,(H,71,72)(H,73,74)/b18-15-,19-16-,25-24-,28-27-,31-30-. The molecule has 4 N–H and O–H groups in total. The van der Waals surface area contributed by atoms with Crippen molar-refractivity contribution < 1.29 is 75.8 Å². The number of carbonyl (C=O) groups excluding carboxylic acids is 3. The Bertz CT molecular complexity index is 1770. The summed E-state index contributed by atoms with van der Waals surface area (Å²) in [5.74, 6) is -1.58. The summed E-state index contributed by atoms with van der Waals surface area (Å²) in [5, 5.41) is 20.5. The largest absolute Gasteiger partial charge is 0.472 e. The number of allylic oxidation sites excluding steroid dienone is 10. The lowest BCUT2D eigenvalue weighted by Gasteiger charge is -2.21. The molecule has 0 saturated heterocycles. The van der Waals surface area contributed by atoms with Gasteiger partial charge in [0.1, 0.15) is 25.4 Å². The van der Waals surface area contributed by atoms with E-state index in [1.807, 2.05) is 0 Å². The number of hydrogen-bond donors (Lipinski definition) is 4. The second-order valence-electron chi connectivity index (χ2n) is 21.9. The molecule has 484 valence electrons. The zero-order chi connectivity index (χ0) is 61.0. The third kappa shape index (κ3) is 60.7. The van der Waals surface area contributed by atoms with E-state index in [2.05, 4.69) is 81.5 Å². The van der Waals surface area contributed by atoms with Crippen LogP contribution in [0.25, 0.3) is 0 Å². The fourth-order valence-corrected chi connectivity index (χ4v) is 10.2. The minimum atomic E-state index is -4.91. The van der Waals surface area contributed by atoms with Gasteiger partial charge in [-0.05, 0) is 83.5 Å². The van der Waals surface area contributed by atoms with Gasteiger partial charge in [0.25, 0.3) is 0 Å². The Hall–Kier alpha value is -2.75. The summed E-state index contributed by atoms with van der Waals surface area (Å²) in [4.78, 5) is 58.1. The number of aliphatic hydroxyl groups is 2. The summed E-state index contributed by atoms with van der Waals surface area (Å²) in [6, 6.07) is 0. The van der Waals surface area contributed by atoms with Gasteiger partial charge in [-0.25, -0.2) is 9.13 Å². The average Bonchev–Trinajstić information content (AvgIpc) is 3.46. The summed E-state index contributed by atoms with van der Waals surface area (Å²) in [7, 11) is -9.76. The van der Waals surface area contributed by atoms with Gasteiger partial charge in [0.15, 0.2) is 6.10 Å². The Morgan fingerprint density at radius 1 is 0.337 bits per heavy atom. The Morgan fingerprint density at radius 3 is 1.02 bits per heavy atom. The van der Waals surface area contributed by atoms with Crippen molar-refractivity contribution in [3.63, 3.8) is 0 Å². The van der Waals surface area contributed by atoms with E-state index in [0.29, 0.717) is 19.3 Å². The van der Waals surface area contributed by atoms with Gasteiger partial charge in [0.05, 0.1) is 26.4 Å². The second kappa shape index (κ2) is 59.6. The fraction of sp³-hybridized carbons (Fsp3) is 0.800. The molecule has 5 unspecified atom stereocenters.